The van der Waals surface area contributed by atoms with Crippen molar-refractivity contribution in [1.29, 1.82) is 0 Å². The maximum Gasteiger partial charge on any atom is 0.0621 e. The summed E-state index contributed by atoms with van der Waals surface area (Å²) in [6.07, 6.45) is 3.50. The van der Waals surface area contributed by atoms with Crippen LogP contribution < -0.4 is 0 Å². The van der Waals surface area contributed by atoms with Crippen LogP contribution in [0.4, 0.5) is 0 Å². The van der Waals surface area contributed by atoms with Gasteiger partial charge in [0.1, 0.15) is 0 Å². The maximum atomic E-state index is 5.37. The summed E-state index contributed by atoms with van der Waals surface area (Å²) in [6.45, 7) is 8.45. The first-order chi connectivity index (χ1) is 16.6. The van der Waals surface area contributed by atoms with Gasteiger partial charge in [-0.3, -0.25) is 9.80 Å². The minimum atomic E-state index is 0.506. The van der Waals surface area contributed by atoms with Gasteiger partial charge in [-0.1, -0.05) is 50.2 Å². The summed E-state index contributed by atoms with van der Waals surface area (Å²) in [6, 6.07) is 18.4. The van der Waals surface area contributed by atoms with Gasteiger partial charge in [0.25, 0.3) is 0 Å². The van der Waals surface area contributed by atoms with E-state index in [0.29, 0.717) is 12.1 Å². The highest BCUT2D eigenvalue weighted by molar-refractivity contribution is 5.85. The standard InChI is InChI=1S/C15H20N2O.C14H18N2/c1-3-17-9-15-13(8-11(17)10-18-2)12-6-4-5-7-14(12)16-15;1-3-10-8-12-11-6-4-5-7-13(11)15-14(12)9-16(10)2/h4-7,11,16H,3,8-10H2,1-2H3;4-7,10,15H,3,8-9H2,1-2H3. The molecule has 0 amide bonds. The second-order valence-electron chi connectivity index (χ2n) is 9.81. The lowest BCUT2D eigenvalue weighted by Crippen LogP contribution is -2.42. The van der Waals surface area contributed by atoms with E-state index in [1.807, 2.05) is 0 Å². The van der Waals surface area contributed by atoms with Gasteiger partial charge >= 0.3 is 0 Å². The number of aromatic amines is 2. The predicted molar refractivity (Wildman–Crippen MR) is 141 cm³/mol. The number of benzene rings is 2. The van der Waals surface area contributed by atoms with E-state index in [4.69, 9.17) is 4.74 Å². The van der Waals surface area contributed by atoms with Crippen LogP contribution in [0.1, 0.15) is 42.8 Å². The highest BCUT2D eigenvalue weighted by atomic mass is 16.5. The number of nitrogens with zero attached hydrogens (tertiary/aromatic N) is 2. The summed E-state index contributed by atoms with van der Waals surface area (Å²) in [5, 5.41) is 2.80. The summed E-state index contributed by atoms with van der Waals surface area (Å²) in [5.41, 5.74) is 8.37. The minimum absolute atomic E-state index is 0.506. The molecule has 0 aliphatic carbocycles. The maximum absolute atomic E-state index is 5.37. The lowest BCUT2D eigenvalue weighted by molar-refractivity contribution is 0.0807. The molecule has 2 atom stereocenters. The monoisotopic (exact) mass is 458 g/mol. The van der Waals surface area contributed by atoms with Crippen molar-refractivity contribution in [2.45, 2.75) is 58.3 Å². The molecule has 0 saturated heterocycles. The van der Waals surface area contributed by atoms with Crippen LogP contribution >= 0.6 is 0 Å². The Morgan fingerprint density at radius 1 is 0.824 bits per heavy atom. The molecular formula is C29H38N4O. The van der Waals surface area contributed by atoms with Gasteiger partial charge in [0.05, 0.1) is 6.61 Å². The number of methoxy groups -OCH3 is 1. The smallest absolute Gasteiger partial charge is 0.0621 e. The Bertz CT molecular complexity index is 1260. The number of hydrogen-bond acceptors (Lipinski definition) is 3. The molecule has 0 spiro atoms. The van der Waals surface area contributed by atoms with Crippen molar-refractivity contribution in [1.82, 2.24) is 19.8 Å². The molecule has 0 radical (unpaired) electrons. The first-order valence-corrected chi connectivity index (χ1v) is 12.7. The van der Waals surface area contributed by atoms with Gasteiger partial charge in [-0.15, -0.1) is 0 Å². The van der Waals surface area contributed by atoms with Crippen LogP contribution in [0.2, 0.25) is 0 Å². The van der Waals surface area contributed by atoms with Crippen molar-refractivity contribution in [2.24, 2.45) is 0 Å². The third-order valence-corrected chi connectivity index (χ3v) is 7.83. The molecule has 4 aromatic rings. The SMILES string of the molecule is CCC1Cc2c([nH]c3ccccc23)CN1C.CCN1Cc2[nH]c3ccccc3c2CC1COC. The molecule has 2 aliphatic rings. The van der Waals surface area contributed by atoms with Crippen molar-refractivity contribution < 1.29 is 4.74 Å². The average Bonchev–Trinajstić information content (AvgIpc) is 3.40. The quantitative estimate of drug-likeness (QED) is 0.425. The number of para-hydroxylation sites is 2. The molecule has 0 fully saturated rings. The molecule has 2 N–H and O–H groups in total. The number of hydrogen-bond donors (Lipinski definition) is 2. The van der Waals surface area contributed by atoms with Gasteiger partial charge in [-0.05, 0) is 56.1 Å². The van der Waals surface area contributed by atoms with Gasteiger partial charge in [-0.2, -0.15) is 0 Å². The Balaban J connectivity index is 0.000000142. The van der Waals surface area contributed by atoms with E-state index >= 15 is 0 Å². The van der Waals surface area contributed by atoms with Crippen molar-refractivity contribution >= 4 is 21.8 Å². The fraction of sp³-hybridized carbons (Fsp3) is 0.448. The number of ether oxygens (including phenoxy) is 1. The zero-order chi connectivity index (χ0) is 23.7. The van der Waals surface area contributed by atoms with Crippen molar-refractivity contribution in [3.63, 3.8) is 0 Å². The van der Waals surface area contributed by atoms with Crippen molar-refractivity contribution in [3.05, 3.63) is 71.0 Å². The number of aromatic nitrogens is 2. The van der Waals surface area contributed by atoms with E-state index in [1.165, 1.54) is 51.6 Å². The highest BCUT2D eigenvalue weighted by Gasteiger charge is 2.27. The topological polar surface area (TPSA) is 47.3 Å². The van der Waals surface area contributed by atoms with Gasteiger partial charge in [-0.25, -0.2) is 0 Å². The first-order valence-electron chi connectivity index (χ1n) is 12.7. The Morgan fingerprint density at radius 3 is 1.94 bits per heavy atom. The molecule has 2 aromatic heterocycles. The first kappa shape index (κ1) is 23.2. The second kappa shape index (κ2) is 9.95. The molecule has 5 nitrogen and oxygen atoms in total. The molecule has 0 bridgehead atoms. The van der Waals surface area contributed by atoms with E-state index in [9.17, 15) is 0 Å². The molecule has 2 unspecified atom stereocenters. The Kier molecular flexibility index (Phi) is 6.77. The van der Waals surface area contributed by atoms with Crippen LogP contribution in [-0.2, 0) is 30.7 Å². The van der Waals surface area contributed by atoms with E-state index < -0.39 is 0 Å². The minimum Gasteiger partial charge on any atom is -0.383 e. The predicted octanol–water partition coefficient (Wildman–Crippen LogP) is 5.50. The number of nitrogens with one attached hydrogen (secondary N) is 2. The number of H-pyrrole nitrogens is 2. The van der Waals surface area contributed by atoms with Crippen molar-refractivity contribution in [3.8, 4) is 0 Å². The molecule has 2 aliphatic heterocycles. The molecule has 34 heavy (non-hydrogen) atoms. The third kappa shape index (κ3) is 4.28. The highest BCUT2D eigenvalue weighted by Crippen LogP contribution is 2.31. The van der Waals surface area contributed by atoms with E-state index in [1.54, 1.807) is 12.7 Å². The molecule has 180 valence electrons. The van der Waals surface area contributed by atoms with Crippen LogP contribution in [0.15, 0.2) is 48.5 Å². The summed E-state index contributed by atoms with van der Waals surface area (Å²) >= 11 is 0. The number of fused-ring (bicyclic) bond motifs is 6. The van der Waals surface area contributed by atoms with Gasteiger partial charge in [0, 0.05) is 65.5 Å². The van der Waals surface area contributed by atoms with E-state index in [0.717, 1.165) is 32.7 Å². The van der Waals surface area contributed by atoms with Crippen LogP contribution in [0.3, 0.4) is 0 Å². The van der Waals surface area contributed by atoms with Crippen LogP contribution in [-0.4, -0.2) is 59.2 Å². The van der Waals surface area contributed by atoms with Crippen LogP contribution in [0, 0.1) is 0 Å². The van der Waals surface area contributed by atoms with Gasteiger partial charge < -0.3 is 14.7 Å². The number of likely N-dealkylation sites (N-methyl/N-ethyl adjacent to an activating group) is 2. The summed E-state index contributed by atoms with van der Waals surface area (Å²) in [4.78, 5) is 12.1. The zero-order valence-electron chi connectivity index (χ0n) is 21.0. The number of rotatable bonds is 4. The molecular weight excluding hydrogens is 420 g/mol. The van der Waals surface area contributed by atoms with E-state index in [2.05, 4.69) is 89.2 Å². The third-order valence-electron chi connectivity index (χ3n) is 7.83. The van der Waals surface area contributed by atoms with Crippen LogP contribution in [0.25, 0.3) is 21.8 Å². The normalized spacial score (nSPS) is 20.7. The van der Waals surface area contributed by atoms with E-state index in [-0.39, 0.29) is 0 Å². The lowest BCUT2D eigenvalue weighted by Gasteiger charge is -2.34. The summed E-state index contributed by atoms with van der Waals surface area (Å²) in [5.74, 6) is 0. The molecule has 5 heteroatoms. The van der Waals surface area contributed by atoms with Gasteiger partial charge in [0.15, 0.2) is 0 Å². The largest absolute Gasteiger partial charge is 0.383 e. The molecule has 0 saturated carbocycles. The Morgan fingerprint density at radius 2 is 1.38 bits per heavy atom. The van der Waals surface area contributed by atoms with Crippen LogP contribution in [0.5, 0.6) is 0 Å². The summed E-state index contributed by atoms with van der Waals surface area (Å²) in [7, 11) is 4.02. The van der Waals surface area contributed by atoms with Crippen molar-refractivity contribution in [2.75, 3.05) is 27.3 Å². The Hall–Kier alpha value is -2.60. The molecule has 2 aromatic carbocycles. The fourth-order valence-corrected chi connectivity index (χ4v) is 5.90. The fourth-order valence-electron chi connectivity index (χ4n) is 5.90. The molecule has 6 rings (SSSR count). The zero-order valence-corrected chi connectivity index (χ0v) is 21.0. The Labute approximate surface area is 203 Å². The average molecular weight is 459 g/mol. The lowest BCUT2D eigenvalue weighted by atomic mass is 9.96. The summed E-state index contributed by atoms with van der Waals surface area (Å²) < 4.78 is 5.37. The second-order valence-corrected chi connectivity index (χ2v) is 9.81. The molecule has 4 heterocycles. The van der Waals surface area contributed by atoms with Gasteiger partial charge in [0.2, 0.25) is 0 Å².